The first-order chi connectivity index (χ1) is 12.7. The Labute approximate surface area is 154 Å². The highest BCUT2D eigenvalue weighted by Crippen LogP contribution is 2.42. The Kier molecular flexibility index (Phi) is 4.71. The Hall–Kier alpha value is -1.92. The second-order valence-corrected chi connectivity index (χ2v) is 7.77. The molecule has 2 fully saturated rings. The average molecular weight is 356 g/mol. The van der Waals surface area contributed by atoms with E-state index in [4.69, 9.17) is 0 Å². The molecular weight excluding hydrogens is 328 g/mol. The number of piperidine rings is 2. The highest BCUT2D eigenvalue weighted by Gasteiger charge is 2.48. The molecule has 1 amide bonds. The summed E-state index contributed by atoms with van der Waals surface area (Å²) in [6, 6.07) is 8.00. The highest BCUT2D eigenvalue weighted by atomic mass is 16.3. The molecule has 1 aromatic heterocycles. The number of carbonyl (C=O) groups is 1. The first kappa shape index (κ1) is 17.5. The van der Waals surface area contributed by atoms with Crippen LogP contribution in [0.2, 0.25) is 0 Å². The average Bonchev–Trinajstić information content (AvgIpc) is 3.09. The predicted molar refractivity (Wildman–Crippen MR) is 101 cm³/mol. The number of nitrogens with one attached hydrogen (secondary N) is 1. The maximum absolute atomic E-state index is 13.2. The van der Waals surface area contributed by atoms with Gasteiger partial charge >= 0.3 is 0 Å². The Morgan fingerprint density at radius 1 is 1.35 bits per heavy atom. The zero-order valence-corrected chi connectivity index (χ0v) is 15.4. The van der Waals surface area contributed by atoms with Gasteiger partial charge in [0, 0.05) is 23.9 Å². The Balaban J connectivity index is 1.57. The normalized spacial score (nSPS) is 26.8. The standard InChI is InChI=1S/C20H28N4O2/c1-2-23-11-9-20(14-25)8-5-10-24(18(20)13-23)19(26)12-17-15-6-3-4-7-16(15)21-22-17/h3-4,6-7,18,25H,2,5,8-14H2,1H3,(H,21,22)/t18-,20-/m1/s1. The van der Waals surface area contributed by atoms with E-state index in [9.17, 15) is 9.90 Å². The van der Waals surface area contributed by atoms with Gasteiger partial charge in [-0.15, -0.1) is 0 Å². The van der Waals surface area contributed by atoms with Crippen molar-refractivity contribution in [3.8, 4) is 0 Å². The van der Waals surface area contributed by atoms with Crippen LogP contribution in [-0.2, 0) is 11.2 Å². The quantitative estimate of drug-likeness (QED) is 0.876. The number of H-pyrrole nitrogens is 1. The number of rotatable bonds is 4. The van der Waals surface area contributed by atoms with Crippen LogP contribution in [0.3, 0.4) is 0 Å². The van der Waals surface area contributed by atoms with E-state index < -0.39 is 0 Å². The molecule has 2 saturated heterocycles. The number of aliphatic hydroxyl groups is 1. The number of likely N-dealkylation sites (N-methyl/N-ethyl adjacent to an activating group) is 1. The number of hydrogen-bond acceptors (Lipinski definition) is 4. The number of para-hydroxylation sites is 1. The molecule has 2 aromatic rings. The van der Waals surface area contributed by atoms with Crippen LogP contribution in [0.15, 0.2) is 24.3 Å². The zero-order valence-electron chi connectivity index (χ0n) is 15.4. The highest BCUT2D eigenvalue weighted by molar-refractivity contribution is 5.87. The number of carbonyl (C=O) groups excluding carboxylic acids is 1. The topological polar surface area (TPSA) is 72.5 Å². The van der Waals surface area contributed by atoms with E-state index >= 15 is 0 Å². The minimum Gasteiger partial charge on any atom is -0.396 e. The molecule has 140 valence electrons. The van der Waals surface area contributed by atoms with Crippen LogP contribution in [0.25, 0.3) is 10.9 Å². The van der Waals surface area contributed by atoms with Crippen molar-refractivity contribution in [1.82, 2.24) is 20.0 Å². The summed E-state index contributed by atoms with van der Waals surface area (Å²) in [4.78, 5) is 17.6. The number of nitrogens with zero attached hydrogens (tertiary/aromatic N) is 3. The second kappa shape index (κ2) is 7.00. The molecule has 0 bridgehead atoms. The van der Waals surface area contributed by atoms with Crippen molar-refractivity contribution in [2.45, 2.75) is 38.6 Å². The van der Waals surface area contributed by atoms with Crippen LogP contribution >= 0.6 is 0 Å². The summed E-state index contributed by atoms with van der Waals surface area (Å²) in [5.74, 6) is 0.139. The fourth-order valence-corrected chi connectivity index (χ4v) is 4.81. The van der Waals surface area contributed by atoms with Gasteiger partial charge in [0.25, 0.3) is 0 Å². The molecular formula is C20H28N4O2. The number of fused-ring (bicyclic) bond motifs is 2. The minimum atomic E-state index is -0.129. The van der Waals surface area contributed by atoms with E-state index in [1.165, 1.54) is 0 Å². The van der Waals surface area contributed by atoms with Crippen molar-refractivity contribution in [2.24, 2.45) is 5.41 Å². The molecule has 0 saturated carbocycles. The summed E-state index contributed by atoms with van der Waals surface area (Å²) in [6.07, 6.45) is 3.30. The van der Waals surface area contributed by atoms with Gasteiger partial charge in [0.2, 0.25) is 5.91 Å². The van der Waals surface area contributed by atoms with Gasteiger partial charge in [-0.25, -0.2) is 0 Å². The van der Waals surface area contributed by atoms with E-state index in [2.05, 4.69) is 22.0 Å². The van der Waals surface area contributed by atoms with E-state index in [1.54, 1.807) is 0 Å². The summed E-state index contributed by atoms with van der Waals surface area (Å²) in [5, 5.41) is 18.5. The summed E-state index contributed by atoms with van der Waals surface area (Å²) in [5.41, 5.74) is 1.65. The monoisotopic (exact) mass is 356 g/mol. The lowest BCUT2D eigenvalue weighted by Gasteiger charge is -2.54. The Morgan fingerprint density at radius 2 is 2.19 bits per heavy atom. The first-order valence-corrected chi connectivity index (χ1v) is 9.71. The summed E-state index contributed by atoms with van der Waals surface area (Å²) in [6.45, 7) is 6.00. The number of hydrogen-bond donors (Lipinski definition) is 2. The summed E-state index contributed by atoms with van der Waals surface area (Å²) in [7, 11) is 0. The number of amides is 1. The molecule has 1 aromatic carbocycles. The molecule has 0 unspecified atom stereocenters. The van der Waals surface area contributed by atoms with Crippen molar-refractivity contribution in [3.63, 3.8) is 0 Å². The first-order valence-electron chi connectivity index (χ1n) is 9.71. The smallest absolute Gasteiger partial charge is 0.228 e. The number of likely N-dealkylation sites (tertiary alicyclic amines) is 2. The molecule has 0 aliphatic carbocycles. The van der Waals surface area contributed by atoms with Gasteiger partial charge in [-0.1, -0.05) is 25.1 Å². The van der Waals surface area contributed by atoms with Crippen LogP contribution in [0.5, 0.6) is 0 Å². The number of aromatic amines is 1. The van der Waals surface area contributed by atoms with Gasteiger partial charge in [0.1, 0.15) is 0 Å². The zero-order chi connectivity index (χ0) is 18.1. The number of aliphatic hydroxyl groups excluding tert-OH is 1. The Bertz CT molecular complexity index is 789. The van der Waals surface area contributed by atoms with Crippen molar-refractivity contribution >= 4 is 16.8 Å². The molecule has 2 atom stereocenters. The van der Waals surface area contributed by atoms with Gasteiger partial charge in [-0.3, -0.25) is 9.89 Å². The van der Waals surface area contributed by atoms with E-state index in [0.29, 0.717) is 6.42 Å². The molecule has 6 heteroatoms. The van der Waals surface area contributed by atoms with Gasteiger partial charge < -0.3 is 14.9 Å². The molecule has 6 nitrogen and oxygen atoms in total. The molecule has 0 radical (unpaired) electrons. The lowest BCUT2D eigenvalue weighted by molar-refractivity contribution is -0.146. The van der Waals surface area contributed by atoms with Gasteiger partial charge in [0.05, 0.1) is 30.3 Å². The predicted octanol–water partition coefficient (Wildman–Crippen LogP) is 1.80. The van der Waals surface area contributed by atoms with Crippen molar-refractivity contribution in [3.05, 3.63) is 30.0 Å². The second-order valence-electron chi connectivity index (χ2n) is 7.77. The van der Waals surface area contributed by atoms with Crippen LogP contribution in [0, 0.1) is 5.41 Å². The number of aromatic nitrogens is 2. The third-order valence-corrected chi connectivity index (χ3v) is 6.46. The SMILES string of the molecule is CCN1CC[C@@]2(CO)CCCN(C(=O)Cc3[nH]nc4ccccc34)[C@@H]2C1. The van der Waals surface area contributed by atoms with Crippen LogP contribution in [0.1, 0.15) is 31.9 Å². The van der Waals surface area contributed by atoms with Crippen LogP contribution in [-0.4, -0.2) is 69.8 Å². The molecule has 2 N–H and O–H groups in total. The fraction of sp³-hybridized carbons (Fsp3) is 0.600. The largest absolute Gasteiger partial charge is 0.396 e. The molecule has 0 spiro atoms. The summed E-state index contributed by atoms with van der Waals surface area (Å²) >= 11 is 0. The molecule has 2 aliphatic heterocycles. The van der Waals surface area contributed by atoms with Crippen molar-refractivity contribution in [1.29, 1.82) is 0 Å². The third-order valence-electron chi connectivity index (χ3n) is 6.46. The lowest BCUT2D eigenvalue weighted by Crippen LogP contribution is -2.63. The third kappa shape index (κ3) is 2.91. The van der Waals surface area contributed by atoms with E-state index in [0.717, 1.165) is 62.0 Å². The van der Waals surface area contributed by atoms with Crippen molar-refractivity contribution < 1.29 is 9.90 Å². The maximum Gasteiger partial charge on any atom is 0.228 e. The molecule has 4 rings (SSSR count). The Morgan fingerprint density at radius 3 is 3.00 bits per heavy atom. The van der Waals surface area contributed by atoms with Gasteiger partial charge in [0.15, 0.2) is 0 Å². The van der Waals surface area contributed by atoms with E-state index in [-0.39, 0.29) is 24.0 Å². The van der Waals surface area contributed by atoms with Gasteiger partial charge in [-0.2, -0.15) is 5.10 Å². The van der Waals surface area contributed by atoms with Gasteiger partial charge in [-0.05, 0) is 38.4 Å². The van der Waals surface area contributed by atoms with E-state index in [1.807, 2.05) is 29.2 Å². The molecule has 2 aliphatic rings. The summed E-state index contributed by atoms with van der Waals surface area (Å²) < 4.78 is 0. The number of benzene rings is 1. The van der Waals surface area contributed by atoms with Crippen LogP contribution < -0.4 is 0 Å². The van der Waals surface area contributed by atoms with Crippen molar-refractivity contribution in [2.75, 3.05) is 32.8 Å². The maximum atomic E-state index is 13.2. The fourth-order valence-electron chi connectivity index (χ4n) is 4.81. The molecule has 3 heterocycles. The van der Waals surface area contributed by atoms with Crippen LogP contribution in [0.4, 0.5) is 0 Å². The minimum absolute atomic E-state index is 0.108. The lowest BCUT2D eigenvalue weighted by atomic mass is 9.69. The molecule has 26 heavy (non-hydrogen) atoms.